The van der Waals surface area contributed by atoms with Gasteiger partial charge in [-0.15, -0.1) is 11.3 Å². The highest BCUT2D eigenvalue weighted by atomic mass is 32.1. The summed E-state index contributed by atoms with van der Waals surface area (Å²) in [4.78, 5) is 8.83. The van der Waals surface area contributed by atoms with Crippen LogP contribution in [0.1, 0.15) is 10.6 Å². The summed E-state index contributed by atoms with van der Waals surface area (Å²) in [5, 5.41) is 11.0. The van der Waals surface area contributed by atoms with Crippen molar-refractivity contribution in [1.82, 2.24) is 15.1 Å². The smallest absolute Gasteiger partial charge is 0.277 e. The molecule has 19 heavy (non-hydrogen) atoms. The van der Waals surface area contributed by atoms with Gasteiger partial charge in [-0.25, -0.2) is 4.98 Å². The fraction of sp³-hybridized carbons (Fsp3) is 0.250. The zero-order chi connectivity index (χ0) is 13.2. The molecule has 2 N–H and O–H groups in total. The Hall–Kier alpha value is -1.57. The van der Waals surface area contributed by atoms with Gasteiger partial charge in [-0.2, -0.15) is 16.3 Å². The van der Waals surface area contributed by atoms with Crippen LogP contribution in [-0.4, -0.2) is 21.7 Å². The standard InChI is InChI=1S/C12H12N4OS2/c1-7-4-18-5-8(7)11-15-12(17-16-11)9-6-19-10(14-9)2-3-13/h4-6H,2-3,13H2,1H3. The van der Waals surface area contributed by atoms with Gasteiger partial charge in [0.2, 0.25) is 5.82 Å². The van der Waals surface area contributed by atoms with Crippen LogP contribution in [0.3, 0.4) is 0 Å². The Balaban J connectivity index is 1.90. The fourth-order valence-corrected chi connectivity index (χ4v) is 3.29. The number of nitrogens with zero attached hydrogens (tertiary/aromatic N) is 3. The molecule has 5 nitrogen and oxygen atoms in total. The molecule has 0 atom stereocenters. The Morgan fingerprint density at radius 3 is 2.89 bits per heavy atom. The molecule has 0 unspecified atom stereocenters. The lowest BCUT2D eigenvalue weighted by molar-refractivity contribution is 0.431. The minimum absolute atomic E-state index is 0.458. The maximum absolute atomic E-state index is 5.51. The number of thiophene rings is 1. The number of rotatable bonds is 4. The molecule has 0 fully saturated rings. The first kappa shape index (κ1) is 12.5. The highest BCUT2D eigenvalue weighted by Gasteiger charge is 2.15. The second-order valence-corrected chi connectivity index (χ2v) is 5.74. The second-order valence-electron chi connectivity index (χ2n) is 4.06. The molecule has 0 amide bonds. The van der Waals surface area contributed by atoms with E-state index < -0.39 is 0 Å². The van der Waals surface area contributed by atoms with Gasteiger partial charge in [-0.1, -0.05) is 5.16 Å². The van der Waals surface area contributed by atoms with Crippen LogP contribution in [0.2, 0.25) is 0 Å². The fourth-order valence-electron chi connectivity index (χ4n) is 1.67. The average Bonchev–Trinajstić information content (AvgIpc) is 3.08. The van der Waals surface area contributed by atoms with Crippen molar-refractivity contribution in [3.8, 4) is 23.0 Å². The molecule has 0 aliphatic heterocycles. The molecular formula is C12H12N4OS2. The van der Waals surface area contributed by atoms with E-state index in [4.69, 9.17) is 10.3 Å². The molecule has 3 rings (SSSR count). The van der Waals surface area contributed by atoms with Crippen molar-refractivity contribution < 1.29 is 4.52 Å². The van der Waals surface area contributed by atoms with Gasteiger partial charge in [0.05, 0.1) is 5.01 Å². The lowest BCUT2D eigenvalue weighted by atomic mass is 10.2. The van der Waals surface area contributed by atoms with Crippen molar-refractivity contribution in [2.75, 3.05) is 6.54 Å². The Kier molecular flexibility index (Phi) is 3.41. The van der Waals surface area contributed by atoms with Crippen molar-refractivity contribution in [3.05, 3.63) is 26.7 Å². The Bertz CT molecular complexity index is 685. The third-order valence-electron chi connectivity index (χ3n) is 2.65. The highest BCUT2D eigenvalue weighted by molar-refractivity contribution is 7.10. The van der Waals surface area contributed by atoms with Gasteiger partial charge in [0.25, 0.3) is 5.89 Å². The molecule has 0 aromatic carbocycles. The van der Waals surface area contributed by atoms with Crippen molar-refractivity contribution in [2.45, 2.75) is 13.3 Å². The number of nitrogens with two attached hydrogens (primary N) is 1. The van der Waals surface area contributed by atoms with Gasteiger partial charge in [-0.05, 0) is 24.4 Å². The summed E-state index contributed by atoms with van der Waals surface area (Å²) in [6, 6.07) is 0. The van der Waals surface area contributed by atoms with Crippen LogP contribution < -0.4 is 5.73 Å². The first-order valence-electron chi connectivity index (χ1n) is 5.79. The second kappa shape index (κ2) is 5.20. The van der Waals surface area contributed by atoms with E-state index in [1.165, 1.54) is 0 Å². The van der Waals surface area contributed by atoms with Crippen LogP contribution >= 0.6 is 22.7 Å². The summed E-state index contributed by atoms with van der Waals surface area (Å²) in [6.45, 7) is 2.63. The Labute approximate surface area is 118 Å². The molecule has 3 aromatic rings. The quantitative estimate of drug-likeness (QED) is 0.800. The SMILES string of the molecule is Cc1cscc1-c1noc(-c2csc(CCN)n2)n1. The molecule has 0 aliphatic carbocycles. The van der Waals surface area contributed by atoms with E-state index in [2.05, 4.69) is 20.5 Å². The molecule has 7 heteroatoms. The molecule has 0 saturated heterocycles. The number of aryl methyl sites for hydroxylation is 1. The first-order valence-corrected chi connectivity index (χ1v) is 7.62. The molecule has 3 aromatic heterocycles. The summed E-state index contributed by atoms with van der Waals surface area (Å²) in [7, 11) is 0. The van der Waals surface area contributed by atoms with E-state index in [1.807, 2.05) is 17.7 Å². The predicted octanol–water partition coefficient (Wildman–Crippen LogP) is 2.73. The number of hydrogen-bond donors (Lipinski definition) is 1. The molecule has 98 valence electrons. The monoisotopic (exact) mass is 292 g/mol. The van der Waals surface area contributed by atoms with Crippen LogP contribution in [0, 0.1) is 6.92 Å². The molecule has 3 heterocycles. The molecule has 0 bridgehead atoms. The summed E-state index contributed by atoms with van der Waals surface area (Å²) in [6.07, 6.45) is 0.773. The van der Waals surface area contributed by atoms with Crippen molar-refractivity contribution in [2.24, 2.45) is 5.73 Å². The average molecular weight is 292 g/mol. The Morgan fingerprint density at radius 1 is 1.26 bits per heavy atom. The van der Waals surface area contributed by atoms with E-state index in [-0.39, 0.29) is 0 Å². The van der Waals surface area contributed by atoms with Gasteiger partial charge in [0.1, 0.15) is 5.69 Å². The van der Waals surface area contributed by atoms with Crippen LogP contribution in [0.5, 0.6) is 0 Å². The van der Waals surface area contributed by atoms with E-state index in [9.17, 15) is 0 Å². The maximum Gasteiger partial charge on any atom is 0.277 e. The van der Waals surface area contributed by atoms with Gasteiger partial charge in [0.15, 0.2) is 0 Å². The van der Waals surface area contributed by atoms with Crippen molar-refractivity contribution in [3.63, 3.8) is 0 Å². The summed E-state index contributed by atoms with van der Waals surface area (Å²) >= 11 is 3.19. The molecule has 0 aliphatic rings. The van der Waals surface area contributed by atoms with E-state index in [0.29, 0.717) is 18.3 Å². The zero-order valence-electron chi connectivity index (χ0n) is 10.3. The first-order chi connectivity index (χ1) is 9.28. The van der Waals surface area contributed by atoms with Gasteiger partial charge in [0, 0.05) is 22.7 Å². The topological polar surface area (TPSA) is 77.8 Å². The van der Waals surface area contributed by atoms with Gasteiger partial charge < -0.3 is 10.3 Å². The van der Waals surface area contributed by atoms with Crippen molar-refractivity contribution >= 4 is 22.7 Å². The number of thiazole rings is 1. The summed E-state index contributed by atoms with van der Waals surface area (Å²) in [5.41, 5.74) is 8.40. The van der Waals surface area contributed by atoms with Crippen LogP contribution in [0.4, 0.5) is 0 Å². The highest BCUT2D eigenvalue weighted by Crippen LogP contribution is 2.27. The molecular weight excluding hydrogens is 280 g/mol. The Morgan fingerprint density at radius 2 is 2.16 bits per heavy atom. The maximum atomic E-state index is 5.51. The number of aromatic nitrogens is 3. The van der Waals surface area contributed by atoms with Gasteiger partial charge in [-0.3, -0.25) is 0 Å². The zero-order valence-corrected chi connectivity index (χ0v) is 11.9. The van der Waals surface area contributed by atoms with E-state index in [0.717, 1.165) is 28.2 Å². The molecule has 0 spiro atoms. The lowest BCUT2D eigenvalue weighted by Crippen LogP contribution is -2.01. The van der Waals surface area contributed by atoms with Crippen molar-refractivity contribution in [1.29, 1.82) is 0 Å². The molecule has 0 saturated carbocycles. The van der Waals surface area contributed by atoms with Crippen LogP contribution in [-0.2, 0) is 6.42 Å². The lowest BCUT2D eigenvalue weighted by Gasteiger charge is -1.89. The third-order valence-corrected chi connectivity index (χ3v) is 4.42. The minimum Gasteiger partial charge on any atom is -0.332 e. The normalized spacial score (nSPS) is 11.1. The third kappa shape index (κ3) is 2.44. The predicted molar refractivity (Wildman–Crippen MR) is 76.2 cm³/mol. The minimum atomic E-state index is 0.458. The number of hydrogen-bond acceptors (Lipinski definition) is 7. The van der Waals surface area contributed by atoms with Gasteiger partial charge >= 0.3 is 0 Å². The summed E-state index contributed by atoms with van der Waals surface area (Å²) < 4.78 is 5.28. The summed E-state index contributed by atoms with van der Waals surface area (Å²) in [5.74, 6) is 1.07. The van der Waals surface area contributed by atoms with E-state index in [1.54, 1.807) is 22.7 Å². The van der Waals surface area contributed by atoms with E-state index >= 15 is 0 Å². The van der Waals surface area contributed by atoms with Crippen LogP contribution in [0.25, 0.3) is 23.0 Å². The largest absolute Gasteiger partial charge is 0.332 e. The molecule has 0 radical (unpaired) electrons. The van der Waals surface area contributed by atoms with Crippen LogP contribution in [0.15, 0.2) is 20.7 Å².